The number of methoxy groups -OCH3 is 1. The summed E-state index contributed by atoms with van der Waals surface area (Å²) in [5.74, 6) is 1.68. The van der Waals surface area contributed by atoms with Crippen LogP contribution in [0, 0.1) is 11.3 Å². The van der Waals surface area contributed by atoms with Crippen LogP contribution in [0.3, 0.4) is 0 Å². The predicted octanol–water partition coefficient (Wildman–Crippen LogP) is 4.01. The van der Waals surface area contributed by atoms with Crippen molar-refractivity contribution in [1.29, 1.82) is 5.26 Å². The molecule has 2 rings (SSSR count). The molecule has 0 aliphatic rings. The van der Waals surface area contributed by atoms with Gasteiger partial charge in [-0.2, -0.15) is 5.26 Å². The number of hydrogen-bond acceptors (Lipinski definition) is 3. The summed E-state index contributed by atoms with van der Waals surface area (Å²) >= 11 is 6.04. The molecule has 2 aromatic rings. The van der Waals surface area contributed by atoms with Crippen LogP contribution in [0.15, 0.2) is 42.5 Å². The minimum atomic E-state index is 0.389. The number of nitriles is 1. The molecule has 0 atom stereocenters. The zero-order valence-electron chi connectivity index (χ0n) is 9.68. The maximum atomic E-state index is 8.76. The van der Waals surface area contributed by atoms with Crippen LogP contribution >= 0.6 is 11.6 Å². The Kier molecular flexibility index (Phi) is 3.71. The lowest BCUT2D eigenvalue weighted by atomic mass is 10.2. The lowest BCUT2D eigenvalue weighted by molar-refractivity contribution is 0.379. The predicted molar refractivity (Wildman–Crippen MR) is 69.2 cm³/mol. The van der Waals surface area contributed by atoms with Gasteiger partial charge in [-0.25, -0.2) is 0 Å². The van der Waals surface area contributed by atoms with E-state index in [4.69, 9.17) is 26.3 Å². The average molecular weight is 260 g/mol. The van der Waals surface area contributed by atoms with E-state index >= 15 is 0 Å². The number of nitrogens with zero attached hydrogens (tertiary/aromatic N) is 1. The molecule has 2 aromatic carbocycles. The van der Waals surface area contributed by atoms with Crippen molar-refractivity contribution in [2.24, 2.45) is 0 Å². The van der Waals surface area contributed by atoms with Crippen LogP contribution in [0.4, 0.5) is 0 Å². The lowest BCUT2D eigenvalue weighted by Crippen LogP contribution is -1.90. The molecule has 90 valence electrons. The zero-order valence-corrected chi connectivity index (χ0v) is 10.4. The molecule has 18 heavy (non-hydrogen) atoms. The van der Waals surface area contributed by atoms with E-state index in [9.17, 15) is 0 Å². The first-order valence-electron chi connectivity index (χ1n) is 5.25. The van der Waals surface area contributed by atoms with Gasteiger partial charge in [0.05, 0.1) is 23.8 Å². The highest BCUT2D eigenvalue weighted by molar-refractivity contribution is 6.32. The second-order valence-corrected chi connectivity index (χ2v) is 3.92. The fraction of sp³-hybridized carbons (Fsp3) is 0.0714. The third-order valence-electron chi connectivity index (χ3n) is 2.35. The van der Waals surface area contributed by atoms with Gasteiger partial charge in [-0.05, 0) is 30.3 Å². The Morgan fingerprint density at radius 1 is 1.06 bits per heavy atom. The van der Waals surface area contributed by atoms with Gasteiger partial charge in [-0.3, -0.25) is 0 Å². The van der Waals surface area contributed by atoms with Crippen LogP contribution in [0.1, 0.15) is 5.56 Å². The van der Waals surface area contributed by atoms with Gasteiger partial charge in [0.2, 0.25) is 0 Å². The molecule has 0 saturated heterocycles. The van der Waals surface area contributed by atoms with E-state index in [0.29, 0.717) is 27.8 Å². The second-order valence-electron chi connectivity index (χ2n) is 3.51. The fourth-order valence-corrected chi connectivity index (χ4v) is 1.69. The molecule has 0 aromatic heterocycles. The van der Waals surface area contributed by atoms with Crippen molar-refractivity contribution in [2.75, 3.05) is 7.11 Å². The molecule has 0 heterocycles. The Morgan fingerprint density at radius 2 is 1.78 bits per heavy atom. The van der Waals surface area contributed by atoms with Crippen molar-refractivity contribution in [1.82, 2.24) is 0 Å². The van der Waals surface area contributed by atoms with Gasteiger partial charge < -0.3 is 9.47 Å². The van der Waals surface area contributed by atoms with Crippen LogP contribution in [0.2, 0.25) is 5.02 Å². The summed E-state index contributed by atoms with van der Waals surface area (Å²) < 4.78 is 10.8. The summed E-state index contributed by atoms with van der Waals surface area (Å²) in [6.07, 6.45) is 0. The maximum absolute atomic E-state index is 8.76. The second kappa shape index (κ2) is 5.44. The van der Waals surface area contributed by atoms with E-state index < -0.39 is 0 Å². The molecule has 0 radical (unpaired) electrons. The van der Waals surface area contributed by atoms with Crippen molar-refractivity contribution in [2.45, 2.75) is 0 Å². The van der Waals surface area contributed by atoms with Gasteiger partial charge in [-0.1, -0.05) is 23.7 Å². The molecular weight excluding hydrogens is 250 g/mol. The highest BCUT2D eigenvalue weighted by Gasteiger charge is 2.08. The number of halogens is 1. The first-order chi connectivity index (χ1) is 8.74. The van der Waals surface area contributed by atoms with E-state index in [-0.39, 0.29) is 0 Å². The van der Waals surface area contributed by atoms with Gasteiger partial charge >= 0.3 is 0 Å². The highest BCUT2D eigenvalue weighted by Crippen LogP contribution is 2.34. The summed E-state index contributed by atoms with van der Waals surface area (Å²) in [6, 6.07) is 14.2. The number of para-hydroxylation sites is 2. The molecule has 0 saturated carbocycles. The van der Waals surface area contributed by atoms with Crippen molar-refractivity contribution in [3.63, 3.8) is 0 Å². The molecule has 0 aliphatic carbocycles. The van der Waals surface area contributed by atoms with Crippen molar-refractivity contribution >= 4 is 11.6 Å². The van der Waals surface area contributed by atoms with Crippen LogP contribution in [0.25, 0.3) is 0 Å². The SMILES string of the molecule is COc1ccccc1Oc1ccc(C#N)cc1Cl. The number of benzene rings is 2. The first-order valence-corrected chi connectivity index (χ1v) is 5.63. The van der Waals surface area contributed by atoms with E-state index in [1.54, 1.807) is 37.4 Å². The Bertz CT molecular complexity index is 605. The Morgan fingerprint density at radius 3 is 2.39 bits per heavy atom. The smallest absolute Gasteiger partial charge is 0.169 e. The molecular formula is C14H10ClNO2. The molecule has 0 fully saturated rings. The third kappa shape index (κ3) is 2.55. The van der Waals surface area contributed by atoms with Crippen LogP contribution in [0.5, 0.6) is 17.2 Å². The summed E-state index contributed by atoms with van der Waals surface area (Å²) in [6.45, 7) is 0. The number of ether oxygens (including phenoxy) is 2. The molecule has 0 bridgehead atoms. The van der Waals surface area contributed by atoms with Gasteiger partial charge in [0.25, 0.3) is 0 Å². The van der Waals surface area contributed by atoms with E-state index in [1.807, 2.05) is 18.2 Å². The van der Waals surface area contributed by atoms with Crippen LogP contribution in [-0.2, 0) is 0 Å². The molecule has 0 N–H and O–H groups in total. The van der Waals surface area contributed by atoms with E-state index in [0.717, 1.165) is 0 Å². The summed E-state index contributed by atoms with van der Waals surface area (Å²) in [5, 5.41) is 9.14. The maximum Gasteiger partial charge on any atom is 0.169 e. The molecule has 0 unspecified atom stereocenters. The van der Waals surface area contributed by atoms with Gasteiger partial charge in [0.15, 0.2) is 11.5 Å². The standard InChI is InChI=1S/C14H10ClNO2/c1-17-13-4-2-3-5-14(13)18-12-7-6-10(9-16)8-11(12)15/h2-8H,1H3. The molecule has 0 amide bonds. The molecule has 4 heteroatoms. The van der Waals surface area contributed by atoms with Crippen molar-refractivity contribution in [3.8, 4) is 23.3 Å². The van der Waals surface area contributed by atoms with Gasteiger partial charge in [-0.15, -0.1) is 0 Å². The summed E-state index contributed by atoms with van der Waals surface area (Å²) in [5.41, 5.74) is 0.493. The Labute approximate surface area is 110 Å². The molecule has 3 nitrogen and oxygen atoms in total. The third-order valence-corrected chi connectivity index (χ3v) is 2.65. The first kappa shape index (κ1) is 12.3. The van der Waals surface area contributed by atoms with Gasteiger partial charge in [0.1, 0.15) is 5.75 Å². The monoisotopic (exact) mass is 259 g/mol. The minimum Gasteiger partial charge on any atom is -0.493 e. The van der Waals surface area contributed by atoms with Crippen molar-refractivity contribution < 1.29 is 9.47 Å². The number of hydrogen-bond donors (Lipinski definition) is 0. The normalized spacial score (nSPS) is 9.61. The summed E-state index contributed by atoms with van der Waals surface area (Å²) in [7, 11) is 1.57. The Hall–Kier alpha value is -2.18. The molecule has 0 aliphatic heterocycles. The zero-order chi connectivity index (χ0) is 13.0. The Balaban J connectivity index is 2.32. The topological polar surface area (TPSA) is 42.2 Å². The largest absolute Gasteiger partial charge is 0.493 e. The van der Waals surface area contributed by atoms with E-state index in [2.05, 4.69) is 0 Å². The van der Waals surface area contributed by atoms with Gasteiger partial charge in [0, 0.05) is 0 Å². The fourth-order valence-electron chi connectivity index (χ4n) is 1.47. The van der Waals surface area contributed by atoms with Crippen LogP contribution < -0.4 is 9.47 Å². The quantitative estimate of drug-likeness (QED) is 0.836. The number of rotatable bonds is 3. The molecule has 0 spiro atoms. The van der Waals surface area contributed by atoms with Crippen LogP contribution in [-0.4, -0.2) is 7.11 Å². The van der Waals surface area contributed by atoms with Crippen molar-refractivity contribution in [3.05, 3.63) is 53.1 Å². The minimum absolute atomic E-state index is 0.389. The highest BCUT2D eigenvalue weighted by atomic mass is 35.5. The lowest BCUT2D eigenvalue weighted by Gasteiger charge is -2.11. The van der Waals surface area contributed by atoms with E-state index in [1.165, 1.54) is 0 Å². The summed E-state index contributed by atoms with van der Waals surface area (Å²) in [4.78, 5) is 0. The average Bonchev–Trinajstić information content (AvgIpc) is 2.41.